The van der Waals surface area contributed by atoms with E-state index < -0.39 is 24.3 Å². The molecule has 0 aliphatic rings. The fraction of sp³-hybridized carbons (Fsp3) is 0.857. The Labute approximate surface area is 445 Å². The van der Waals surface area contributed by atoms with E-state index in [4.69, 9.17) is 18.9 Å². The predicted octanol–water partition coefficient (Wildman–Crippen LogP) is 18.1. The molecule has 0 aliphatic carbocycles. The summed E-state index contributed by atoms with van der Waals surface area (Å²) >= 11 is 0. The van der Waals surface area contributed by atoms with Crippen LogP contribution in [0.1, 0.15) is 290 Å². The minimum atomic E-state index is -1.51. The average molecular weight is 1020 g/mol. The third kappa shape index (κ3) is 55.3. The molecule has 0 heterocycles. The van der Waals surface area contributed by atoms with Crippen LogP contribution >= 0.6 is 0 Å². The summed E-state index contributed by atoms with van der Waals surface area (Å²) < 4.78 is 22.9. The summed E-state index contributed by atoms with van der Waals surface area (Å²) in [5.41, 5.74) is 0. The van der Waals surface area contributed by atoms with Gasteiger partial charge < -0.3 is 28.5 Å². The molecule has 0 aromatic carbocycles. The summed E-state index contributed by atoms with van der Waals surface area (Å²) in [5.74, 6) is -2.01. The van der Waals surface area contributed by atoms with Crippen molar-refractivity contribution in [1.29, 1.82) is 0 Å². The second-order valence-corrected chi connectivity index (χ2v) is 22.0. The van der Waals surface area contributed by atoms with Gasteiger partial charge >= 0.3 is 17.9 Å². The van der Waals surface area contributed by atoms with Crippen LogP contribution in [0.25, 0.3) is 0 Å². The van der Waals surface area contributed by atoms with Crippen molar-refractivity contribution in [3.63, 3.8) is 0 Å². The van der Waals surface area contributed by atoms with Crippen LogP contribution in [-0.2, 0) is 33.3 Å². The van der Waals surface area contributed by atoms with Gasteiger partial charge in [-0.2, -0.15) is 0 Å². The zero-order valence-electron chi connectivity index (χ0n) is 48.1. The molecule has 9 heteroatoms. The Morgan fingerprint density at radius 1 is 0.417 bits per heavy atom. The van der Waals surface area contributed by atoms with Crippen molar-refractivity contribution < 1.29 is 42.9 Å². The topological polar surface area (TPSA) is 108 Å². The third-order valence-corrected chi connectivity index (χ3v) is 13.6. The van der Waals surface area contributed by atoms with Gasteiger partial charge in [0.25, 0.3) is 6.29 Å². The number of hydrogen-bond donors (Lipinski definition) is 1. The Morgan fingerprint density at radius 2 is 0.750 bits per heavy atom. The highest BCUT2D eigenvalue weighted by atomic mass is 16.7. The highest BCUT2D eigenvalue weighted by molar-refractivity contribution is 5.71. The molecule has 0 amide bonds. The lowest BCUT2D eigenvalue weighted by Gasteiger charge is -2.25. The lowest BCUT2D eigenvalue weighted by atomic mass is 10.0. The van der Waals surface area contributed by atoms with Crippen molar-refractivity contribution >= 4 is 17.9 Å². The van der Waals surface area contributed by atoms with Crippen molar-refractivity contribution in [3.8, 4) is 0 Å². The Hall–Kier alpha value is -2.49. The van der Waals surface area contributed by atoms with Crippen LogP contribution in [0.4, 0.5) is 0 Å². The van der Waals surface area contributed by atoms with Gasteiger partial charge in [-0.3, -0.25) is 9.59 Å². The summed E-state index contributed by atoms with van der Waals surface area (Å²) in [4.78, 5) is 37.5. The zero-order valence-corrected chi connectivity index (χ0v) is 48.1. The summed E-state index contributed by atoms with van der Waals surface area (Å²) in [6, 6.07) is 0. The first-order valence-electron chi connectivity index (χ1n) is 30.7. The lowest BCUT2D eigenvalue weighted by molar-refractivity contribution is -0.870. The number of likely N-dealkylation sites (N-methyl/N-ethyl adjacent to an activating group) is 1. The standard InChI is InChI=1S/C63H117NO8/c1-6-8-10-12-14-16-18-20-22-24-26-28-29-30-31-32-34-35-37-39-41-43-45-47-49-51-53-60(65)70-57-59(58-71-63(62(67)68)69-56-55-64(3,4)5)72-61(66)54-52-50-48-46-44-42-40-38-36-33-27-25-23-21-19-17-15-13-11-9-7-2/h19,21,25,27,36,38,59,63H,6-18,20,22-24,26,28-35,37,39-58H2,1-5H3/p+1/b21-19-,27-25-,38-36-. The van der Waals surface area contributed by atoms with Crippen molar-refractivity contribution in [2.24, 2.45) is 0 Å². The van der Waals surface area contributed by atoms with Crippen LogP contribution < -0.4 is 0 Å². The van der Waals surface area contributed by atoms with Gasteiger partial charge in [-0.15, -0.1) is 0 Å². The number of quaternary nitrogens is 1. The van der Waals surface area contributed by atoms with Crippen molar-refractivity contribution in [2.75, 3.05) is 47.5 Å². The van der Waals surface area contributed by atoms with E-state index in [1.165, 1.54) is 199 Å². The number of carboxylic acids is 1. The van der Waals surface area contributed by atoms with E-state index in [-0.39, 0.29) is 32.2 Å². The minimum Gasteiger partial charge on any atom is -0.477 e. The molecule has 1 N–H and O–H groups in total. The van der Waals surface area contributed by atoms with Crippen LogP contribution in [0.15, 0.2) is 36.5 Å². The fourth-order valence-corrected chi connectivity index (χ4v) is 8.91. The molecule has 9 nitrogen and oxygen atoms in total. The Balaban J connectivity index is 4.19. The van der Waals surface area contributed by atoms with E-state index >= 15 is 0 Å². The smallest absolute Gasteiger partial charge is 0.361 e. The van der Waals surface area contributed by atoms with E-state index in [1.54, 1.807) is 0 Å². The number of nitrogens with zero attached hydrogens (tertiary/aromatic N) is 1. The number of rotatable bonds is 57. The van der Waals surface area contributed by atoms with Crippen LogP contribution in [0.2, 0.25) is 0 Å². The Morgan fingerprint density at radius 3 is 1.11 bits per heavy atom. The number of hydrogen-bond acceptors (Lipinski definition) is 7. The number of unbranched alkanes of at least 4 members (excludes halogenated alkanes) is 36. The normalized spacial score (nSPS) is 13.0. The SMILES string of the molecule is CCCCCCC/C=C\C/C=C\C/C=C\CCCCCCCCC(=O)OC(COC(=O)CCCCCCCCCCCCCCCCCCCCCCCCCCCC)COC(OCC[N+](C)(C)C)C(=O)O. The molecule has 0 aromatic heterocycles. The minimum absolute atomic E-state index is 0.184. The molecule has 0 bridgehead atoms. The molecule has 0 saturated heterocycles. The molecule has 0 saturated carbocycles. The first-order valence-corrected chi connectivity index (χ1v) is 30.7. The van der Waals surface area contributed by atoms with E-state index in [9.17, 15) is 19.5 Å². The number of ether oxygens (including phenoxy) is 4. The number of aliphatic carboxylic acids is 1. The summed E-state index contributed by atoms with van der Waals surface area (Å²) in [6.45, 7) is 4.90. The molecule has 0 rings (SSSR count). The van der Waals surface area contributed by atoms with Crippen molar-refractivity contribution in [2.45, 2.75) is 302 Å². The molecular formula is C63H118NO8+. The van der Waals surface area contributed by atoms with Gasteiger partial charge in [0.1, 0.15) is 13.2 Å². The van der Waals surface area contributed by atoms with Gasteiger partial charge in [-0.05, 0) is 51.4 Å². The maximum Gasteiger partial charge on any atom is 0.361 e. The number of carbonyl (C=O) groups excluding carboxylic acids is 2. The fourth-order valence-electron chi connectivity index (χ4n) is 8.91. The van der Waals surface area contributed by atoms with E-state index in [1.807, 2.05) is 21.1 Å². The molecule has 0 radical (unpaired) electrons. The highest BCUT2D eigenvalue weighted by Gasteiger charge is 2.25. The van der Waals surface area contributed by atoms with Crippen molar-refractivity contribution in [1.82, 2.24) is 0 Å². The molecule has 2 unspecified atom stereocenters. The quantitative estimate of drug-likeness (QED) is 0.0211. The summed E-state index contributed by atoms with van der Waals surface area (Å²) in [7, 11) is 5.97. The van der Waals surface area contributed by atoms with E-state index in [0.717, 1.165) is 57.8 Å². The molecule has 0 aliphatic heterocycles. The first-order chi connectivity index (χ1) is 35.1. The first kappa shape index (κ1) is 69.5. The summed E-state index contributed by atoms with van der Waals surface area (Å²) in [6.07, 6.45) is 63.7. The van der Waals surface area contributed by atoms with Crippen LogP contribution in [0.3, 0.4) is 0 Å². The Bertz CT molecular complexity index is 1270. The van der Waals surface area contributed by atoms with Gasteiger partial charge in [-0.1, -0.05) is 262 Å². The van der Waals surface area contributed by atoms with Gasteiger partial charge in [0.2, 0.25) is 0 Å². The number of esters is 2. The number of allylic oxidation sites excluding steroid dienone is 6. The van der Waals surface area contributed by atoms with E-state index in [2.05, 4.69) is 50.3 Å². The van der Waals surface area contributed by atoms with Crippen LogP contribution in [0, 0.1) is 0 Å². The van der Waals surface area contributed by atoms with Gasteiger partial charge in [0, 0.05) is 12.8 Å². The molecule has 2 atom stereocenters. The van der Waals surface area contributed by atoms with Crippen molar-refractivity contribution in [3.05, 3.63) is 36.5 Å². The molecule has 0 fully saturated rings. The largest absolute Gasteiger partial charge is 0.477 e. The molecule has 72 heavy (non-hydrogen) atoms. The Kier molecular flexibility index (Phi) is 52.9. The van der Waals surface area contributed by atoms with Gasteiger partial charge in [0.05, 0.1) is 34.4 Å². The van der Waals surface area contributed by atoms with Gasteiger partial charge in [0.15, 0.2) is 6.10 Å². The number of carbonyl (C=O) groups is 3. The van der Waals surface area contributed by atoms with Crippen LogP contribution in [0.5, 0.6) is 0 Å². The predicted molar refractivity (Wildman–Crippen MR) is 304 cm³/mol. The summed E-state index contributed by atoms with van der Waals surface area (Å²) in [5, 5.41) is 9.71. The van der Waals surface area contributed by atoms with Crippen LogP contribution in [-0.4, -0.2) is 87.4 Å². The van der Waals surface area contributed by atoms with Gasteiger partial charge in [-0.25, -0.2) is 4.79 Å². The second kappa shape index (κ2) is 54.8. The monoisotopic (exact) mass is 1020 g/mol. The maximum absolute atomic E-state index is 12.9. The second-order valence-electron chi connectivity index (χ2n) is 22.0. The average Bonchev–Trinajstić information content (AvgIpc) is 3.35. The molecular weight excluding hydrogens is 899 g/mol. The highest BCUT2D eigenvalue weighted by Crippen LogP contribution is 2.17. The number of carboxylic acid groups (broad SMARTS) is 1. The zero-order chi connectivity index (χ0) is 52.7. The lowest BCUT2D eigenvalue weighted by Crippen LogP contribution is -2.40. The third-order valence-electron chi connectivity index (χ3n) is 13.6. The molecule has 0 aromatic rings. The molecule has 422 valence electrons. The van der Waals surface area contributed by atoms with E-state index in [0.29, 0.717) is 23.9 Å². The maximum atomic E-state index is 12.9. The molecule has 0 spiro atoms.